The number of benzene rings is 1. The molecule has 1 aliphatic rings. The van der Waals surface area contributed by atoms with E-state index in [4.69, 9.17) is 0 Å². The van der Waals surface area contributed by atoms with Crippen molar-refractivity contribution < 1.29 is 4.79 Å². The molecule has 0 bridgehead atoms. The summed E-state index contributed by atoms with van der Waals surface area (Å²) in [4.78, 5) is 30.3. The fraction of sp³-hybridized carbons (Fsp3) is 0.318. The molecule has 2 aromatic heterocycles. The van der Waals surface area contributed by atoms with Crippen LogP contribution in [0.3, 0.4) is 0 Å². The Morgan fingerprint density at radius 3 is 2.93 bits per heavy atom. The molecule has 1 aliphatic heterocycles. The Morgan fingerprint density at radius 2 is 2.11 bits per heavy atom. The zero-order valence-corrected chi connectivity index (χ0v) is 15.9. The quantitative estimate of drug-likeness (QED) is 0.734. The first-order valence-electron chi connectivity index (χ1n) is 9.70. The maximum absolute atomic E-state index is 13.0. The number of carbonyl (C=O) groups excluding carboxylic acids is 1. The fourth-order valence-electron chi connectivity index (χ4n) is 3.76. The Balaban J connectivity index is 1.58. The van der Waals surface area contributed by atoms with Gasteiger partial charge in [-0.05, 0) is 68.6 Å². The first-order chi connectivity index (χ1) is 13.6. The number of para-hydroxylation sites is 1. The van der Waals surface area contributed by atoms with Crippen LogP contribution < -0.4 is 16.2 Å². The van der Waals surface area contributed by atoms with Gasteiger partial charge in [0, 0.05) is 18.1 Å². The molecule has 3 aromatic rings. The Hall–Kier alpha value is -2.99. The van der Waals surface area contributed by atoms with E-state index in [-0.39, 0.29) is 11.1 Å². The van der Waals surface area contributed by atoms with E-state index in [1.165, 1.54) is 0 Å². The van der Waals surface area contributed by atoms with Crippen LogP contribution in [0.2, 0.25) is 0 Å². The molecule has 1 amide bonds. The second-order valence-electron chi connectivity index (χ2n) is 7.39. The molecular formula is C22H24N4O2. The van der Waals surface area contributed by atoms with Crippen LogP contribution in [0.1, 0.15) is 28.8 Å². The molecule has 2 N–H and O–H groups in total. The molecular weight excluding hydrogens is 352 g/mol. The van der Waals surface area contributed by atoms with Gasteiger partial charge in [-0.25, -0.2) is 4.98 Å². The van der Waals surface area contributed by atoms with Gasteiger partial charge in [0.1, 0.15) is 11.4 Å². The molecule has 1 atom stereocenters. The minimum absolute atomic E-state index is 0.182. The molecule has 4 rings (SSSR count). The number of pyridine rings is 2. The number of hydrogen-bond donors (Lipinski definition) is 2. The summed E-state index contributed by atoms with van der Waals surface area (Å²) >= 11 is 0. The molecule has 0 aliphatic carbocycles. The lowest BCUT2D eigenvalue weighted by Crippen LogP contribution is -2.36. The molecule has 6 heteroatoms. The summed E-state index contributed by atoms with van der Waals surface area (Å²) < 4.78 is 1.66. The molecule has 1 aromatic carbocycles. The van der Waals surface area contributed by atoms with Crippen molar-refractivity contribution in [2.24, 2.45) is 5.92 Å². The van der Waals surface area contributed by atoms with E-state index in [2.05, 4.69) is 15.6 Å². The van der Waals surface area contributed by atoms with E-state index in [9.17, 15) is 9.59 Å². The van der Waals surface area contributed by atoms with Crippen LogP contribution in [0.4, 0.5) is 5.82 Å². The smallest absolute Gasteiger partial charge is 0.263 e. The molecule has 144 valence electrons. The molecule has 0 saturated carbocycles. The molecule has 6 nitrogen and oxygen atoms in total. The maximum Gasteiger partial charge on any atom is 0.263 e. The first-order valence-corrected chi connectivity index (χ1v) is 9.70. The zero-order chi connectivity index (χ0) is 19.5. The minimum atomic E-state index is -0.415. The molecule has 1 fully saturated rings. The van der Waals surface area contributed by atoms with Gasteiger partial charge in [-0.3, -0.25) is 9.59 Å². The summed E-state index contributed by atoms with van der Waals surface area (Å²) in [6.45, 7) is 4.35. The highest BCUT2D eigenvalue weighted by atomic mass is 16.2. The number of aryl methyl sites for hydroxylation is 1. The van der Waals surface area contributed by atoms with Crippen molar-refractivity contribution in [3.63, 3.8) is 0 Å². The number of fused-ring (bicyclic) bond motifs is 1. The van der Waals surface area contributed by atoms with Crippen LogP contribution in [0.15, 0.2) is 53.5 Å². The number of carbonyl (C=O) groups is 1. The first kappa shape index (κ1) is 18.4. The minimum Gasteiger partial charge on any atom is -0.316 e. The van der Waals surface area contributed by atoms with Crippen molar-refractivity contribution in [3.05, 3.63) is 70.1 Å². The van der Waals surface area contributed by atoms with Gasteiger partial charge in [-0.1, -0.05) is 18.2 Å². The van der Waals surface area contributed by atoms with Gasteiger partial charge in [0.15, 0.2) is 0 Å². The van der Waals surface area contributed by atoms with Crippen LogP contribution in [0.25, 0.3) is 10.9 Å². The third-order valence-electron chi connectivity index (χ3n) is 5.29. The van der Waals surface area contributed by atoms with Crippen LogP contribution in [-0.4, -0.2) is 28.5 Å². The standard InChI is InChI=1S/C22H24N4O2/c1-15-10-12-26(14-16-5-4-11-23-13-16)22(28)20(15)21(27)25-19-9-8-17-6-2-3-7-18(17)24-19/h2-3,6-10,12,16,23H,4-5,11,13-14H2,1H3,(H,24,25,27). The number of rotatable bonds is 4. The van der Waals surface area contributed by atoms with Crippen LogP contribution in [0, 0.1) is 12.8 Å². The van der Waals surface area contributed by atoms with Crippen LogP contribution >= 0.6 is 0 Å². The Morgan fingerprint density at radius 1 is 1.25 bits per heavy atom. The monoisotopic (exact) mass is 376 g/mol. The molecule has 0 radical (unpaired) electrons. The SMILES string of the molecule is Cc1ccn(CC2CCCNC2)c(=O)c1C(=O)Nc1ccc2ccccc2n1. The van der Waals surface area contributed by atoms with E-state index in [1.807, 2.05) is 36.4 Å². The third kappa shape index (κ3) is 3.82. The molecule has 3 heterocycles. The predicted octanol–water partition coefficient (Wildman–Crippen LogP) is 2.96. The van der Waals surface area contributed by atoms with Crippen molar-refractivity contribution in [2.75, 3.05) is 18.4 Å². The van der Waals surface area contributed by atoms with Gasteiger partial charge < -0.3 is 15.2 Å². The molecule has 28 heavy (non-hydrogen) atoms. The predicted molar refractivity (Wildman–Crippen MR) is 111 cm³/mol. The van der Waals surface area contributed by atoms with Crippen molar-refractivity contribution >= 4 is 22.6 Å². The lowest BCUT2D eigenvalue weighted by atomic mass is 9.99. The summed E-state index contributed by atoms with van der Waals surface area (Å²) in [6.07, 6.45) is 4.00. The lowest BCUT2D eigenvalue weighted by Gasteiger charge is -2.23. The highest BCUT2D eigenvalue weighted by molar-refractivity contribution is 6.04. The Kier molecular flexibility index (Phi) is 5.21. The van der Waals surface area contributed by atoms with E-state index < -0.39 is 5.91 Å². The summed E-state index contributed by atoms with van der Waals surface area (Å²) in [5, 5.41) is 7.15. The zero-order valence-electron chi connectivity index (χ0n) is 15.9. The molecule has 1 unspecified atom stereocenters. The van der Waals surface area contributed by atoms with E-state index in [0.717, 1.165) is 36.8 Å². The van der Waals surface area contributed by atoms with E-state index in [0.29, 0.717) is 23.8 Å². The number of amides is 1. The fourth-order valence-corrected chi connectivity index (χ4v) is 3.76. The van der Waals surface area contributed by atoms with Crippen LogP contribution in [0.5, 0.6) is 0 Å². The number of hydrogen-bond acceptors (Lipinski definition) is 4. The van der Waals surface area contributed by atoms with Crippen molar-refractivity contribution in [2.45, 2.75) is 26.3 Å². The van der Waals surface area contributed by atoms with Gasteiger partial charge >= 0.3 is 0 Å². The Bertz CT molecular complexity index is 1070. The second-order valence-corrected chi connectivity index (χ2v) is 7.39. The average molecular weight is 376 g/mol. The largest absolute Gasteiger partial charge is 0.316 e. The number of nitrogens with zero attached hydrogens (tertiary/aromatic N) is 2. The van der Waals surface area contributed by atoms with E-state index in [1.54, 1.807) is 23.8 Å². The summed E-state index contributed by atoms with van der Waals surface area (Å²) in [5.74, 6) is 0.433. The second kappa shape index (κ2) is 7.94. The van der Waals surface area contributed by atoms with E-state index >= 15 is 0 Å². The van der Waals surface area contributed by atoms with Gasteiger partial charge in [-0.15, -0.1) is 0 Å². The third-order valence-corrected chi connectivity index (χ3v) is 5.29. The summed E-state index contributed by atoms with van der Waals surface area (Å²) in [6, 6.07) is 13.2. The van der Waals surface area contributed by atoms with Crippen molar-refractivity contribution in [1.29, 1.82) is 0 Å². The van der Waals surface area contributed by atoms with Crippen molar-refractivity contribution in [3.8, 4) is 0 Å². The molecule has 1 saturated heterocycles. The van der Waals surface area contributed by atoms with Gasteiger partial charge in [0.05, 0.1) is 5.52 Å². The average Bonchev–Trinajstić information content (AvgIpc) is 2.71. The topological polar surface area (TPSA) is 76.0 Å². The Labute approximate surface area is 163 Å². The van der Waals surface area contributed by atoms with Crippen molar-refractivity contribution in [1.82, 2.24) is 14.9 Å². The lowest BCUT2D eigenvalue weighted by molar-refractivity contribution is 0.102. The highest BCUT2D eigenvalue weighted by Gasteiger charge is 2.19. The number of anilines is 1. The summed E-state index contributed by atoms with van der Waals surface area (Å²) in [5.41, 5.74) is 1.40. The van der Waals surface area contributed by atoms with Crippen LogP contribution in [-0.2, 0) is 6.54 Å². The normalized spacial score (nSPS) is 16.8. The van der Waals surface area contributed by atoms with Gasteiger partial charge in [0.25, 0.3) is 11.5 Å². The highest BCUT2D eigenvalue weighted by Crippen LogP contribution is 2.16. The number of aromatic nitrogens is 2. The number of nitrogens with one attached hydrogen (secondary N) is 2. The summed E-state index contributed by atoms with van der Waals surface area (Å²) in [7, 11) is 0. The van der Waals surface area contributed by atoms with Gasteiger partial charge in [0.2, 0.25) is 0 Å². The maximum atomic E-state index is 13.0. The number of piperidine rings is 1. The molecule has 0 spiro atoms. The van der Waals surface area contributed by atoms with Gasteiger partial charge in [-0.2, -0.15) is 0 Å².